The summed E-state index contributed by atoms with van der Waals surface area (Å²) < 4.78 is 33.6. The van der Waals surface area contributed by atoms with Gasteiger partial charge in [-0.05, 0) is 99.4 Å². The molecule has 16 nitrogen and oxygen atoms in total. The SMILES string of the molecule is COC(=O)[C@@H]1CCCN1C(=O)C1=C(C)NC(=S)NC1c1ccc(OCCCOc2ccc(C3NC(=S)NC(C)=C3C(=O)N3CCC[C@H]3C(=O)OC)cc2OC)c(OC)c1. The zero-order valence-corrected chi connectivity index (χ0v) is 35.6. The molecule has 2 unspecified atom stereocenters. The largest absolute Gasteiger partial charge is 0.493 e. The third-order valence-corrected chi connectivity index (χ3v) is 11.3. The van der Waals surface area contributed by atoms with Crippen LogP contribution in [-0.4, -0.2) is 111 Å². The van der Waals surface area contributed by atoms with E-state index in [-0.39, 0.29) is 11.8 Å². The monoisotopic (exact) mass is 850 g/mol. The van der Waals surface area contributed by atoms with Crippen LogP contribution in [0, 0.1) is 0 Å². The van der Waals surface area contributed by atoms with Crippen LogP contribution in [0.2, 0.25) is 0 Å². The molecule has 0 radical (unpaired) electrons. The summed E-state index contributed by atoms with van der Waals surface area (Å²) >= 11 is 10.9. The minimum Gasteiger partial charge on any atom is -0.493 e. The number of nitrogens with zero attached hydrogens (tertiary/aromatic N) is 2. The Labute approximate surface area is 353 Å². The summed E-state index contributed by atoms with van der Waals surface area (Å²) in [6.07, 6.45) is 2.98. The molecule has 2 fully saturated rings. The Morgan fingerprint density at radius 1 is 0.644 bits per heavy atom. The van der Waals surface area contributed by atoms with E-state index < -0.39 is 36.1 Å². The first-order chi connectivity index (χ1) is 28.4. The summed E-state index contributed by atoms with van der Waals surface area (Å²) in [5.74, 6) is 0.492. The summed E-state index contributed by atoms with van der Waals surface area (Å²) in [7, 11) is 5.73. The molecule has 2 aromatic carbocycles. The average Bonchev–Trinajstić information content (AvgIpc) is 3.93. The van der Waals surface area contributed by atoms with Gasteiger partial charge in [0.25, 0.3) is 11.8 Å². The van der Waals surface area contributed by atoms with Gasteiger partial charge in [-0.2, -0.15) is 0 Å². The van der Waals surface area contributed by atoms with Gasteiger partial charge in [-0.3, -0.25) is 9.59 Å². The Morgan fingerprint density at radius 3 is 1.42 bits per heavy atom. The van der Waals surface area contributed by atoms with Crippen LogP contribution in [0.5, 0.6) is 23.0 Å². The fraction of sp³-hybridized carbons (Fsp3) is 0.463. The zero-order valence-electron chi connectivity index (χ0n) is 33.9. The van der Waals surface area contributed by atoms with Gasteiger partial charge in [0.1, 0.15) is 12.1 Å². The molecule has 18 heteroatoms. The molecule has 0 aliphatic carbocycles. The maximum Gasteiger partial charge on any atom is 0.328 e. The highest BCUT2D eigenvalue weighted by atomic mass is 32.1. The van der Waals surface area contributed by atoms with Crippen molar-refractivity contribution in [2.24, 2.45) is 0 Å². The molecular formula is C41H50N6O10S2. The average molecular weight is 851 g/mol. The number of amides is 2. The molecule has 0 aromatic heterocycles. The van der Waals surface area contributed by atoms with Gasteiger partial charge in [-0.1, -0.05) is 12.1 Å². The highest BCUT2D eigenvalue weighted by molar-refractivity contribution is 7.80. The maximum atomic E-state index is 14.0. The van der Waals surface area contributed by atoms with Gasteiger partial charge in [0, 0.05) is 30.9 Å². The van der Waals surface area contributed by atoms with Crippen molar-refractivity contribution in [2.45, 2.75) is 70.1 Å². The summed E-state index contributed by atoms with van der Waals surface area (Å²) in [5.41, 5.74) is 3.51. The van der Waals surface area contributed by atoms with Crippen LogP contribution in [0.1, 0.15) is 69.2 Å². The summed E-state index contributed by atoms with van der Waals surface area (Å²) in [6.45, 7) is 5.05. The van der Waals surface area contributed by atoms with Gasteiger partial charge in [-0.25, -0.2) is 9.59 Å². The van der Waals surface area contributed by atoms with Gasteiger partial charge in [0.2, 0.25) is 0 Å². The third-order valence-electron chi connectivity index (χ3n) is 10.8. The highest BCUT2D eigenvalue weighted by Gasteiger charge is 2.42. The molecule has 59 heavy (non-hydrogen) atoms. The Balaban J connectivity index is 1.09. The van der Waals surface area contributed by atoms with Crippen molar-refractivity contribution in [1.29, 1.82) is 0 Å². The molecular weight excluding hydrogens is 801 g/mol. The van der Waals surface area contributed by atoms with Crippen LogP contribution in [-0.2, 0) is 28.7 Å². The van der Waals surface area contributed by atoms with Crippen molar-refractivity contribution in [3.8, 4) is 23.0 Å². The molecule has 4 heterocycles. The van der Waals surface area contributed by atoms with Crippen LogP contribution in [0.4, 0.5) is 0 Å². The lowest BCUT2D eigenvalue weighted by Crippen LogP contribution is -2.49. The first-order valence-corrected chi connectivity index (χ1v) is 20.2. The Bertz CT molecular complexity index is 1930. The van der Waals surface area contributed by atoms with Crippen molar-refractivity contribution in [3.05, 3.63) is 70.1 Å². The van der Waals surface area contributed by atoms with Crippen molar-refractivity contribution in [2.75, 3.05) is 54.7 Å². The number of carbonyl (C=O) groups is 4. The number of esters is 2. The molecule has 4 N–H and O–H groups in total. The summed E-state index contributed by atoms with van der Waals surface area (Å²) in [4.78, 5) is 56.0. The molecule has 0 spiro atoms. The minimum atomic E-state index is -0.649. The molecule has 4 atom stereocenters. The maximum absolute atomic E-state index is 14.0. The molecule has 6 rings (SSSR count). The Hall–Kier alpha value is -5.62. The Morgan fingerprint density at radius 2 is 1.05 bits per heavy atom. The normalized spacial score (nSPS) is 21.5. The van der Waals surface area contributed by atoms with E-state index in [1.165, 1.54) is 28.4 Å². The number of rotatable bonds is 14. The number of hydrogen-bond donors (Lipinski definition) is 4. The highest BCUT2D eigenvalue weighted by Crippen LogP contribution is 2.38. The predicted molar refractivity (Wildman–Crippen MR) is 224 cm³/mol. The van der Waals surface area contributed by atoms with Gasteiger partial charge in [0.15, 0.2) is 33.2 Å². The van der Waals surface area contributed by atoms with E-state index in [0.717, 1.165) is 11.1 Å². The third kappa shape index (κ3) is 9.17. The summed E-state index contributed by atoms with van der Waals surface area (Å²) in [5, 5.41) is 13.3. The first kappa shape index (κ1) is 43.0. The van der Waals surface area contributed by atoms with E-state index >= 15 is 0 Å². The molecule has 0 bridgehead atoms. The van der Waals surface area contributed by atoms with Crippen molar-refractivity contribution < 1.29 is 47.6 Å². The fourth-order valence-electron chi connectivity index (χ4n) is 7.94. The lowest BCUT2D eigenvalue weighted by molar-refractivity contribution is -0.150. The van der Waals surface area contributed by atoms with E-state index in [2.05, 4.69) is 21.3 Å². The quantitative estimate of drug-likeness (QED) is 0.123. The fourth-order valence-corrected chi connectivity index (χ4v) is 8.48. The molecule has 4 aliphatic heterocycles. The molecule has 2 saturated heterocycles. The number of benzene rings is 2. The second-order valence-electron chi connectivity index (χ2n) is 14.4. The molecule has 0 saturated carbocycles. The van der Waals surface area contributed by atoms with E-state index in [1.54, 1.807) is 47.9 Å². The molecule has 4 aliphatic rings. The van der Waals surface area contributed by atoms with E-state index in [1.807, 2.05) is 12.1 Å². The number of thiocarbonyl (C=S) groups is 2. The number of methoxy groups -OCH3 is 4. The van der Waals surface area contributed by atoms with E-state index in [4.69, 9.17) is 52.9 Å². The lowest BCUT2D eigenvalue weighted by atomic mass is 9.94. The number of nitrogens with one attached hydrogen (secondary N) is 4. The number of hydrogen-bond acceptors (Lipinski definition) is 12. The predicted octanol–water partition coefficient (Wildman–Crippen LogP) is 3.47. The topological polar surface area (TPSA) is 178 Å². The molecule has 2 amide bonds. The van der Waals surface area contributed by atoms with Gasteiger partial charge >= 0.3 is 11.9 Å². The number of likely N-dealkylation sites (tertiary alicyclic amines) is 2. The second kappa shape index (κ2) is 19.0. The zero-order chi connectivity index (χ0) is 42.4. The van der Waals surface area contributed by atoms with E-state index in [0.29, 0.717) is 114 Å². The second-order valence-corrected chi connectivity index (χ2v) is 15.2. The number of carbonyl (C=O) groups excluding carboxylic acids is 4. The van der Waals surface area contributed by atoms with E-state index in [9.17, 15) is 19.2 Å². The molecule has 316 valence electrons. The molecule has 2 aromatic rings. The Kier molecular flexibility index (Phi) is 13.8. The van der Waals surface area contributed by atoms with Crippen LogP contribution < -0.4 is 40.2 Å². The minimum absolute atomic E-state index is 0.278. The van der Waals surface area contributed by atoms with Gasteiger partial charge < -0.3 is 59.5 Å². The van der Waals surface area contributed by atoms with Crippen molar-refractivity contribution >= 4 is 58.4 Å². The lowest BCUT2D eigenvalue weighted by Gasteiger charge is -2.33. The van der Waals surface area contributed by atoms with Gasteiger partial charge in [-0.15, -0.1) is 0 Å². The van der Waals surface area contributed by atoms with Crippen LogP contribution in [0.25, 0.3) is 0 Å². The van der Waals surface area contributed by atoms with Crippen LogP contribution >= 0.6 is 24.4 Å². The van der Waals surface area contributed by atoms with Crippen molar-refractivity contribution in [3.63, 3.8) is 0 Å². The van der Waals surface area contributed by atoms with Gasteiger partial charge in [0.05, 0.1) is 64.9 Å². The smallest absolute Gasteiger partial charge is 0.328 e. The summed E-state index contributed by atoms with van der Waals surface area (Å²) in [6, 6.07) is 8.34. The number of allylic oxidation sites excluding steroid dienone is 2. The van der Waals surface area contributed by atoms with Crippen LogP contribution in [0.3, 0.4) is 0 Å². The van der Waals surface area contributed by atoms with Crippen LogP contribution in [0.15, 0.2) is 58.9 Å². The number of ether oxygens (including phenoxy) is 6. The standard InChI is InChI=1S/C41H50N6O10S2/c1-22-32(36(48)46-16-7-10-26(46)38(50)54-5)34(44-40(58)42-22)24-12-14-28(30(20-24)52-3)56-18-9-19-57-29-15-13-25(21-31(29)53-4)35-33(23(2)43-41(59)45-35)37(49)47-17-8-11-27(47)39(51)55-6/h12-15,20-21,26-27,34-35H,7-11,16-19H2,1-6H3,(H2,42,44,58)(H2,43,45,59)/t26-,27-,34?,35?/m0/s1. The van der Waals surface area contributed by atoms with Crippen molar-refractivity contribution in [1.82, 2.24) is 31.1 Å². The first-order valence-electron chi connectivity index (χ1n) is 19.4.